The Labute approximate surface area is 102 Å². The molecule has 1 heteroatoms. The first kappa shape index (κ1) is 10.7. The Morgan fingerprint density at radius 2 is 1.53 bits per heavy atom. The summed E-state index contributed by atoms with van der Waals surface area (Å²) in [4.78, 5) is 0. The average Bonchev–Trinajstić information content (AvgIpc) is 2.26. The van der Waals surface area contributed by atoms with Gasteiger partial charge in [0.05, 0.1) is 0 Å². The summed E-state index contributed by atoms with van der Waals surface area (Å²) in [6.07, 6.45) is 0. The van der Waals surface area contributed by atoms with E-state index in [4.69, 9.17) is 0 Å². The molecule has 0 aliphatic heterocycles. The molecule has 0 radical (unpaired) electrons. The molecule has 0 bridgehead atoms. The van der Waals surface area contributed by atoms with Crippen molar-refractivity contribution in [3.05, 3.63) is 66.8 Å². The van der Waals surface area contributed by atoms with Gasteiger partial charge >= 0.3 is 102 Å². The molecule has 15 heavy (non-hydrogen) atoms. The zero-order chi connectivity index (χ0) is 10.7. The van der Waals surface area contributed by atoms with Crippen LogP contribution < -0.4 is 21.2 Å². The molecule has 0 aliphatic carbocycles. The van der Waals surface area contributed by atoms with Crippen LogP contribution in [0.2, 0.25) is 0 Å². The number of hydrogen-bond acceptors (Lipinski definition) is 0. The van der Waals surface area contributed by atoms with Crippen molar-refractivity contribution >= 4 is 0 Å². The minimum atomic E-state index is -0.00979. The molecule has 0 spiro atoms. The molecule has 2 rings (SSSR count). The third-order valence-corrected chi connectivity index (χ3v) is 5.57. The first-order chi connectivity index (χ1) is 7.27. The molecule has 2 aromatic rings. The fourth-order valence-electron chi connectivity index (χ4n) is 1.41. The first-order valence-electron chi connectivity index (χ1n) is 5.03. The fourth-order valence-corrected chi connectivity index (χ4v) is 4.08. The predicted molar refractivity (Wildman–Crippen MR) is 59.8 cm³/mol. The van der Waals surface area contributed by atoms with E-state index in [9.17, 15) is 0 Å². The van der Waals surface area contributed by atoms with E-state index in [2.05, 4.69) is 62.4 Å². The first-order valence-corrected chi connectivity index (χ1v) is 7.19. The van der Waals surface area contributed by atoms with Crippen molar-refractivity contribution in [2.75, 3.05) is 0 Å². The average molecular weight is 309 g/mol. The molecule has 0 unspecified atom stereocenters. The van der Waals surface area contributed by atoms with E-state index in [0.29, 0.717) is 0 Å². The molecule has 0 heterocycles. The molecule has 0 nitrogen and oxygen atoms in total. The van der Waals surface area contributed by atoms with Gasteiger partial charge in [0.2, 0.25) is 0 Å². The summed E-state index contributed by atoms with van der Waals surface area (Å²) in [6.45, 7) is 4.42. The summed E-state index contributed by atoms with van der Waals surface area (Å²) in [5.74, 6) is 0. The molecule has 0 amide bonds. The van der Waals surface area contributed by atoms with Crippen LogP contribution in [0.25, 0.3) is 0 Å². The zero-order valence-corrected chi connectivity index (χ0v) is 11.2. The molecular weight excluding hydrogens is 295 g/mol. The number of benzene rings is 2. The van der Waals surface area contributed by atoms with Gasteiger partial charge in [-0.05, 0) is 0 Å². The second-order valence-electron chi connectivity index (χ2n) is 3.57. The van der Waals surface area contributed by atoms with Gasteiger partial charge in [-0.3, -0.25) is 0 Å². The molecule has 0 saturated carbocycles. The third-order valence-electron chi connectivity index (χ3n) is 2.48. The second kappa shape index (κ2) is 4.79. The molecule has 0 fully saturated rings. The van der Waals surface area contributed by atoms with E-state index < -0.39 is 0 Å². The van der Waals surface area contributed by atoms with Gasteiger partial charge in [0.25, 0.3) is 0 Å². The van der Waals surface area contributed by atoms with Crippen LogP contribution in [0.3, 0.4) is 0 Å². The van der Waals surface area contributed by atoms with Crippen LogP contribution in [0, 0.1) is 21.0 Å². The van der Waals surface area contributed by atoms with E-state index in [0.717, 1.165) is 0 Å². The van der Waals surface area contributed by atoms with E-state index in [1.165, 1.54) is 14.7 Å². The summed E-state index contributed by atoms with van der Waals surface area (Å²) in [6, 6.07) is 17.4. The number of halogens is 1. The van der Waals surface area contributed by atoms with E-state index in [1.807, 2.05) is 0 Å². The number of rotatable bonds is 2. The van der Waals surface area contributed by atoms with Crippen LogP contribution in [-0.2, 0) is 0 Å². The van der Waals surface area contributed by atoms with Crippen molar-refractivity contribution in [3.63, 3.8) is 0 Å². The fraction of sp³-hybridized carbons (Fsp3) is 0.143. The van der Waals surface area contributed by atoms with Gasteiger partial charge in [-0.1, -0.05) is 0 Å². The van der Waals surface area contributed by atoms with Crippen LogP contribution in [-0.4, -0.2) is 0 Å². The molecular formula is C14H14I-. The third kappa shape index (κ3) is 2.59. The van der Waals surface area contributed by atoms with Gasteiger partial charge in [-0.2, -0.15) is 0 Å². The Kier molecular flexibility index (Phi) is 3.41. The SMILES string of the molecule is Cc1cccc([I-]c2ccccc2)c1C. The minimum absolute atomic E-state index is 0.00979. The van der Waals surface area contributed by atoms with Crippen LogP contribution in [0.4, 0.5) is 0 Å². The van der Waals surface area contributed by atoms with Gasteiger partial charge in [0.15, 0.2) is 0 Å². The molecule has 0 aromatic heterocycles. The maximum absolute atomic E-state index is 2.27. The summed E-state index contributed by atoms with van der Waals surface area (Å²) >= 11 is -0.00979. The van der Waals surface area contributed by atoms with Crippen LogP contribution in [0.15, 0.2) is 48.5 Å². The monoisotopic (exact) mass is 309 g/mol. The Morgan fingerprint density at radius 1 is 0.800 bits per heavy atom. The standard InChI is InChI=1S/C14H14I/c1-11-7-6-10-14(12(11)2)15-13-8-4-3-5-9-13/h3-10H,1-2H3/q-1. The Bertz CT molecular complexity index is 446. The number of aryl methyl sites for hydroxylation is 1. The molecule has 78 valence electrons. The topological polar surface area (TPSA) is 0 Å². The normalized spacial score (nSPS) is 10.5. The van der Waals surface area contributed by atoms with Gasteiger partial charge in [-0.15, -0.1) is 0 Å². The van der Waals surface area contributed by atoms with Crippen molar-refractivity contribution < 1.29 is 21.2 Å². The Hall–Kier alpha value is -0.830. The maximum atomic E-state index is 2.27. The quantitative estimate of drug-likeness (QED) is 0.706. The van der Waals surface area contributed by atoms with Gasteiger partial charge < -0.3 is 0 Å². The van der Waals surface area contributed by atoms with Crippen LogP contribution in [0.5, 0.6) is 0 Å². The summed E-state index contributed by atoms with van der Waals surface area (Å²) < 4.78 is 3.03. The molecule has 2 aromatic carbocycles. The van der Waals surface area contributed by atoms with Crippen molar-refractivity contribution in [2.45, 2.75) is 13.8 Å². The van der Waals surface area contributed by atoms with Crippen LogP contribution in [0.1, 0.15) is 11.1 Å². The molecule has 0 N–H and O–H groups in total. The van der Waals surface area contributed by atoms with Gasteiger partial charge in [0, 0.05) is 0 Å². The van der Waals surface area contributed by atoms with Crippen LogP contribution >= 0.6 is 0 Å². The van der Waals surface area contributed by atoms with Crippen molar-refractivity contribution in [3.8, 4) is 0 Å². The number of hydrogen-bond donors (Lipinski definition) is 0. The summed E-state index contributed by atoms with van der Waals surface area (Å²) in [5, 5.41) is 0. The zero-order valence-electron chi connectivity index (χ0n) is 9.00. The Morgan fingerprint density at radius 3 is 2.27 bits per heavy atom. The van der Waals surface area contributed by atoms with Crippen molar-refractivity contribution in [1.82, 2.24) is 0 Å². The second-order valence-corrected chi connectivity index (χ2v) is 6.52. The van der Waals surface area contributed by atoms with E-state index in [-0.39, 0.29) is 21.2 Å². The predicted octanol–water partition coefficient (Wildman–Crippen LogP) is 0.432. The van der Waals surface area contributed by atoms with Crippen molar-refractivity contribution in [1.29, 1.82) is 0 Å². The van der Waals surface area contributed by atoms with Gasteiger partial charge in [0.1, 0.15) is 0 Å². The van der Waals surface area contributed by atoms with Gasteiger partial charge in [-0.25, -0.2) is 0 Å². The Balaban J connectivity index is 2.29. The van der Waals surface area contributed by atoms with Crippen molar-refractivity contribution in [2.24, 2.45) is 0 Å². The molecule has 0 atom stereocenters. The summed E-state index contributed by atoms with van der Waals surface area (Å²) in [7, 11) is 0. The molecule has 0 saturated heterocycles. The van der Waals surface area contributed by atoms with E-state index >= 15 is 0 Å². The van der Waals surface area contributed by atoms with E-state index in [1.54, 1.807) is 3.57 Å². The molecule has 0 aliphatic rings. The summed E-state index contributed by atoms with van der Waals surface area (Å²) in [5.41, 5.74) is 2.87.